The van der Waals surface area contributed by atoms with Crippen molar-refractivity contribution < 1.29 is 18.8 Å². The maximum Gasteiger partial charge on any atom is 0.355 e. The molecule has 10 heteroatoms. The van der Waals surface area contributed by atoms with E-state index in [1.807, 2.05) is 0 Å². The maximum absolute atomic E-state index is 13.0. The zero-order valence-electron chi connectivity index (χ0n) is 16.7. The highest BCUT2D eigenvalue weighted by atomic mass is 32.3. The van der Waals surface area contributed by atoms with Gasteiger partial charge in [0, 0.05) is 19.7 Å². The molecule has 1 aromatic rings. The summed E-state index contributed by atoms with van der Waals surface area (Å²) in [4.78, 5) is 14.4. The van der Waals surface area contributed by atoms with Gasteiger partial charge in [0.05, 0.1) is 17.9 Å². The Kier molecular flexibility index (Phi) is 5.09. The number of nitrogens with two attached hydrogens (primary N) is 1. The Hall–Kier alpha value is -1.75. The third-order valence-electron chi connectivity index (χ3n) is 5.30. The molecule has 4 rings (SSSR count). The number of carbonyl (C=O) groups is 1. The fourth-order valence-electron chi connectivity index (χ4n) is 4.07. The van der Waals surface area contributed by atoms with E-state index in [0.717, 1.165) is 48.6 Å². The highest BCUT2D eigenvalue weighted by Gasteiger charge is 2.38. The first-order valence-corrected chi connectivity index (χ1v) is 12.0. The number of amides is 2. The number of likely N-dealkylation sites (N-methyl/N-ethyl adjacent to an activating group) is 1. The van der Waals surface area contributed by atoms with Crippen LogP contribution in [0.5, 0.6) is 5.75 Å². The van der Waals surface area contributed by atoms with E-state index in [-0.39, 0.29) is 9.61 Å². The number of anilines is 1. The van der Waals surface area contributed by atoms with E-state index in [0.29, 0.717) is 18.0 Å². The molecule has 2 amide bonds. The molecule has 0 fully saturated rings. The summed E-state index contributed by atoms with van der Waals surface area (Å²) in [6.07, 6.45) is 5.25. The number of carbonyl (C=O) groups excluding carboxylic acids is 1. The SMILES string of the molecule is CN1C=C(S(N)(=O)=NC(=O)Nc2c3c(cc4c2OCC4)CCC3)SC1C(C)(C)O. The summed E-state index contributed by atoms with van der Waals surface area (Å²) in [5.74, 6) is 0.689. The maximum atomic E-state index is 13.0. The number of aryl methyl sites for hydroxylation is 1. The van der Waals surface area contributed by atoms with Crippen LogP contribution in [0.15, 0.2) is 20.9 Å². The van der Waals surface area contributed by atoms with E-state index in [4.69, 9.17) is 9.88 Å². The van der Waals surface area contributed by atoms with E-state index >= 15 is 0 Å². The summed E-state index contributed by atoms with van der Waals surface area (Å²) < 4.78 is 22.8. The minimum Gasteiger partial charge on any atom is -0.491 e. The van der Waals surface area contributed by atoms with Gasteiger partial charge in [0.1, 0.15) is 15.4 Å². The van der Waals surface area contributed by atoms with Gasteiger partial charge in [-0.1, -0.05) is 17.8 Å². The number of nitrogens with zero attached hydrogens (tertiary/aromatic N) is 2. The molecule has 2 unspecified atom stereocenters. The zero-order chi connectivity index (χ0) is 21.0. The lowest BCUT2D eigenvalue weighted by atomic mass is 10.0. The predicted molar refractivity (Wildman–Crippen MR) is 115 cm³/mol. The number of ether oxygens (including phenoxy) is 1. The van der Waals surface area contributed by atoms with Crippen LogP contribution in [0, 0.1) is 0 Å². The third kappa shape index (κ3) is 3.86. The van der Waals surface area contributed by atoms with Crippen LogP contribution < -0.4 is 15.2 Å². The molecule has 29 heavy (non-hydrogen) atoms. The van der Waals surface area contributed by atoms with Gasteiger partial charge in [-0.15, -0.1) is 4.36 Å². The van der Waals surface area contributed by atoms with Gasteiger partial charge in [-0.3, -0.25) is 0 Å². The fraction of sp³-hybridized carbons (Fsp3) is 0.526. The highest BCUT2D eigenvalue weighted by molar-refractivity contribution is 8.19. The number of nitrogens with one attached hydrogen (secondary N) is 1. The molecule has 158 valence electrons. The van der Waals surface area contributed by atoms with Crippen LogP contribution in [0.4, 0.5) is 10.5 Å². The lowest BCUT2D eigenvalue weighted by Gasteiger charge is -2.30. The Bertz CT molecular complexity index is 990. The summed E-state index contributed by atoms with van der Waals surface area (Å²) in [5, 5.41) is 18.6. The normalized spacial score (nSPS) is 22.4. The first-order valence-electron chi connectivity index (χ1n) is 9.55. The molecule has 0 spiro atoms. The van der Waals surface area contributed by atoms with Gasteiger partial charge in [0.2, 0.25) is 0 Å². The molecule has 0 aromatic heterocycles. The van der Waals surface area contributed by atoms with Crippen LogP contribution in [0.1, 0.15) is 37.0 Å². The third-order valence-corrected chi connectivity index (χ3v) is 8.89. The molecular formula is C19H26N4O4S2. The van der Waals surface area contributed by atoms with Crippen molar-refractivity contribution in [2.75, 3.05) is 19.0 Å². The van der Waals surface area contributed by atoms with Gasteiger partial charge >= 0.3 is 6.03 Å². The van der Waals surface area contributed by atoms with Crippen molar-refractivity contribution in [3.05, 3.63) is 33.2 Å². The second-order valence-electron chi connectivity index (χ2n) is 8.16. The summed E-state index contributed by atoms with van der Waals surface area (Å²) in [6, 6.07) is 1.40. The van der Waals surface area contributed by atoms with E-state index in [9.17, 15) is 14.1 Å². The molecule has 3 aliphatic rings. The molecule has 8 nitrogen and oxygen atoms in total. The van der Waals surface area contributed by atoms with Crippen molar-refractivity contribution in [2.45, 2.75) is 50.5 Å². The van der Waals surface area contributed by atoms with Crippen LogP contribution in [-0.4, -0.2) is 44.9 Å². The number of hydrogen-bond donors (Lipinski definition) is 3. The summed E-state index contributed by atoms with van der Waals surface area (Å²) in [6.45, 7) is 3.91. The number of urea groups is 1. The van der Waals surface area contributed by atoms with Crippen molar-refractivity contribution in [1.29, 1.82) is 0 Å². The Morgan fingerprint density at radius 3 is 2.86 bits per heavy atom. The van der Waals surface area contributed by atoms with Crippen molar-refractivity contribution in [2.24, 2.45) is 9.50 Å². The standard InChI is InChI=1S/C19H26N4O4S2/c1-19(2,25)17-23(3)10-14(28-17)29(20,26)22-18(24)21-15-13-6-4-5-11(13)9-12-7-8-27-16(12)15/h9-10,17,25H,4-8H2,1-3H3,(H3,20,21,22,24,26). The number of benzene rings is 1. The number of fused-ring (bicyclic) bond motifs is 2. The monoisotopic (exact) mass is 438 g/mol. The van der Waals surface area contributed by atoms with Crippen molar-refractivity contribution >= 4 is 33.4 Å². The Balaban J connectivity index is 1.60. The van der Waals surface area contributed by atoms with E-state index < -0.39 is 21.5 Å². The molecule has 0 bridgehead atoms. The lowest BCUT2D eigenvalue weighted by Crippen LogP contribution is -2.40. The van der Waals surface area contributed by atoms with Gasteiger partial charge in [-0.05, 0) is 49.8 Å². The Morgan fingerprint density at radius 2 is 2.17 bits per heavy atom. The number of hydrogen-bond acceptors (Lipinski definition) is 6. The van der Waals surface area contributed by atoms with Crippen LogP contribution in [-0.2, 0) is 29.2 Å². The minimum absolute atomic E-state index is 0.266. The van der Waals surface area contributed by atoms with Crippen LogP contribution >= 0.6 is 11.8 Å². The molecule has 2 atom stereocenters. The first kappa shape index (κ1) is 20.5. The first-order chi connectivity index (χ1) is 13.6. The quantitative estimate of drug-likeness (QED) is 0.668. The fourth-order valence-corrected chi connectivity index (χ4v) is 6.67. The number of thioether (sulfide) groups is 1. The highest BCUT2D eigenvalue weighted by Crippen LogP contribution is 2.43. The molecule has 2 aliphatic heterocycles. The Labute approximate surface area is 175 Å². The van der Waals surface area contributed by atoms with E-state index in [1.54, 1.807) is 32.0 Å². The van der Waals surface area contributed by atoms with Crippen LogP contribution in [0.3, 0.4) is 0 Å². The molecule has 0 saturated carbocycles. The zero-order valence-corrected chi connectivity index (χ0v) is 18.4. The molecule has 1 aliphatic carbocycles. The molecule has 0 saturated heterocycles. The summed E-state index contributed by atoms with van der Waals surface area (Å²) in [5.41, 5.74) is 2.96. The van der Waals surface area contributed by atoms with Crippen LogP contribution in [0.25, 0.3) is 0 Å². The molecule has 2 heterocycles. The average Bonchev–Trinajstić information content (AvgIpc) is 3.31. The van der Waals surface area contributed by atoms with Crippen molar-refractivity contribution in [3.63, 3.8) is 0 Å². The smallest absolute Gasteiger partial charge is 0.355 e. The molecule has 4 N–H and O–H groups in total. The Morgan fingerprint density at radius 1 is 1.41 bits per heavy atom. The molecular weight excluding hydrogens is 412 g/mol. The predicted octanol–water partition coefficient (Wildman–Crippen LogP) is 2.56. The van der Waals surface area contributed by atoms with Crippen molar-refractivity contribution in [1.82, 2.24) is 4.90 Å². The number of aliphatic hydroxyl groups is 1. The van der Waals surface area contributed by atoms with Gasteiger partial charge in [0.25, 0.3) is 0 Å². The largest absolute Gasteiger partial charge is 0.491 e. The summed E-state index contributed by atoms with van der Waals surface area (Å²) >= 11 is 1.16. The van der Waals surface area contributed by atoms with Crippen LogP contribution in [0.2, 0.25) is 0 Å². The van der Waals surface area contributed by atoms with Gasteiger partial charge in [0.15, 0.2) is 9.92 Å². The van der Waals surface area contributed by atoms with E-state index in [2.05, 4.69) is 15.7 Å². The second-order valence-corrected chi connectivity index (χ2v) is 11.3. The number of rotatable bonds is 3. The molecule has 1 aromatic carbocycles. The lowest BCUT2D eigenvalue weighted by molar-refractivity contribution is 0.0437. The topological polar surface area (TPSA) is 117 Å². The molecule has 0 radical (unpaired) electrons. The average molecular weight is 439 g/mol. The van der Waals surface area contributed by atoms with Gasteiger partial charge in [-0.25, -0.2) is 14.1 Å². The van der Waals surface area contributed by atoms with Gasteiger partial charge in [-0.2, -0.15) is 0 Å². The summed E-state index contributed by atoms with van der Waals surface area (Å²) in [7, 11) is -1.68. The van der Waals surface area contributed by atoms with E-state index in [1.165, 1.54) is 5.56 Å². The van der Waals surface area contributed by atoms with Gasteiger partial charge < -0.3 is 20.1 Å². The minimum atomic E-state index is -3.44. The van der Waals surface area contributed by atoms with Crippen molar-refractivity contribution in [3.8, 4) is 5.75 Å². The second kappa shape index (κ2) is 7.19.